The van der Waals surface area contributed by atoms with E-state index in [9.17, 15) is 9.59 Å². The van der Waals surface area contributed by atoms with Gasteiger partial charge in [0.2, 0.25) is 0 Å². The highest BCUT2D eigenvalue weighted by Crippen LogP contribution is 2.17. The zero-order valence-electron chi connectivity index (χ0n) is 26.3. The quantitative estimate of drug-likeness (QED) is 0.0579. The van der Waals surface area contributed by atoms with Crippen LogP contribution < -0.4 is 0 Å². The molecule has 0 aromatic heterocycles. The normalized spacial score (nSPS) is 13.2. The van der Waals surface area contributed by atoms with E-state index in [1.54, 1.807) is 0 Å². The second-order valence-electron chi connectivity index (χ2n) is 10.6. The van der Waals surface area contributed by atoms with E-state index in [-0.39, 0.29) is 18.5 Å². The van der Waals surface area contributed by atoms with Crippen molar-refractivity contribution >= 4 is 11.9 Å². The minimum atomic E-state index is -0.715. The molecule has 0 aromatic rings. The van der Waals surface area contributed by atoms with E-state index in [1.165, 1.54) is 19.3 Å². The molecular formula is C37H60O4. The van der Waals surface area contributed by atoms with E-state index in [0.717, 1.165) is 96.3 Å². The van der Waals surface area contributed by atoms with Crippen LogP contribution in [0.5, 0.6) is 0 Å². The van der Waals surface area contributed by atoms with Crippen LogP contribution in [0.3, 0.4) is 0 Å². The highest BCUT2D eigenvalue weighted by atomic mass is 16.5. The summed E-state index contributed by atoms with van der Waals surface area (Å²) in [5, 5.41) is 8.73. The van der Waals surface area contributed by atoms with E-state index in [2.05, 4.69) is 86.8 Å². The third-order valence-corrected chi connectivity index (χ3v) is 6.71. The van der Waals surface area contributed by atoms with Crippen LogP contribution in [0.1, 0.15) is 142 Å². The van der Waals surface area contributed by atoms with Crippen molar-refractivity contribution in [2.75, 3.05) is 0 Å². The molecule has 0 rings (SSSR count). The summed E-state index contributed by atoms with van der Waals surface area (Å²) >= 11 is 0. The van der Waals surface area contributed by atoms with Gasteiger partial charge in [-0.3, -0.25) is 9.59 Å². The van der Waals surface area contributed by atoms with Gasteiger partial charge in [0.25, 0.3) is 0 Å². The molecule has 0 bridgehead atoms. The van der Waals surface area contributed by atoms with Gasteiger partial charge in [0, 0.05) is 12.8 Å². The second kappa shape index (κ2) is 31.9. The molecule has 0 amide bonds. The molecule has 0 aliphatic heterocycles. The number of carboxylic acids is 1. The third-order valence-electron chi connectivity index (χ3n) is 6.71. The average molecular weight is 569 g/mol. The fourth-order valence-corrected chi connectivity index (χ4v) is 4.33. The lowest BCUT2D eigenvalue weighted by molar-refractivity contribution is -0.149. The Hall–Kier alpha value is -2.62. The Balaban J connectivity index is 4.02. The number of carbonyl (C=O) groups excluding carboxylic acids is 1. The molecule has 0 saturated carbocycles. The Morgan fingerprint density at radius 2 is 1.00 bits per heavy atom. The van der Waals surface area contributed by atoms with Crippen LogP contribution in [0.15, 0.2) is 72.9 Å². The number of unbranched alkanes of at least 4 members (excludes halogenated alkanes) is 7. The molecule has 41 heavy (non-hydrogen) atoms. The SMILES string of the molecule is CC/C=C\C/C=C\C/C=C\C/C=C\C/C=C\C/C=C\CCC(=O)OC(CCCCCC)CCCCCCCC(=O)O. The number of aliphatic carboxylic acids is 1. The van der Waals surface area contributed by atoms with Crippen molar-refractivity contribution in [3.63, 3.8) is 0 Å². The first-order valence-corrected chi connectivity index (χ1v) is 16.4. The average Bonchev–Trinajstić information content (AvgIpc) is 2.95. The van der Waals surface area contributed by atoms with E-state index < -0.39 is 5.97 Å². The first-order valence-electron chi connectivity index (χ1n) is 16.4. The van der Waals surface area contributed by atoms with Gasteiger partial charge in [-0.1, -0.05) is 125 Å². The maximum Gasteiger partial charge on any atom is 0.306 e. The molecule has 0 aromatic carbocycles. The molecule has 0 radical (unpaired) electrons. The predicted octanol–water partition coefficient (Wildman–Crippen LogP) is 11.2. The summed E-state index contributed by atoms with van der Waals surface area (Å²) in [5.74, 6) is -0.806. The van der Waals surface area contributed by atoms with E-state index >= 15 is 0 Å². The number of hydrogen-bond donors (Lipinski definition) is 1. The second-order valence-corrected chi connectivity index (χ2v) is 10.6. The van der Waals surface area contributed by atoms with Gasteiger partial charge in [0.1, 0.15) is 6.10 Å². The van der Waals surface area contributed by atoms with Crippen molar-refractivity contribution in [2.24, 2.45) is 0 Å². The maximum atomic E-state index is 12.4. The van der Waals surface area contributed by atoms with Crippen LogP contribution in [-0.2, 0) is 14.3 Å². The molecule has 0 aliphatic carbocycles. The molecule has 0 heterocycles. The maximum absolute atomic E-state index is 12.4. The standard InChI is InChI=1S/C37H60O4/c1-3-5-7-9-10-11-12-13-14-15-16-17-18-19-20-21-22-26-30-34-37(40)41-35(31-27-8-6-4-2)32-28-24-23-25-29-33-36(38)39/h5,7,10-11,13-14,16-17,19-20,22,26,35H,3-4,6,8-9,12,15,18,21,23-25,27-34H2,1-2H3,(H,38,39)/b7-5-,11-10-,14-13-,17-16-,20-19-,26-22-. The van der Waals surface area contributed by atoms with Crippen molar-refractivity contribution in [3.8, 4) is 0 Å². The van der Waals surface area contributed by atoms with Crippen LogP contribution in [0.25, 0.3) is 0 Å². The number of carbonyl (C=O) groups is 2. The lowest BCUT2D eigenvalue weighted by atomic mass is 10.0. The number of esters is 1. The zero-order valence-corrected chi connectivity index (χ0v) is 26.3. The molecule has 0 fully saturated rings. The fourth-order valence-electron chi connectivity index (χ4n) is 4.33. The molecule has 1 atom stereocenters. The van der Waals surface area contributed by atoms with Gasteiger partial charge in [-0.25, -0.2) is 0 Å². The molecule has 1 N–H and O–H groups in total. The summed E-state index contributed by atoms with van der Waals surface area (Å²) in [4.78, 5) is 23.0. The lowest BCUT2D eigenvalue weighted by Crippen LogP contribution is -2.18. The van der Waals surface area contributed by atoms with Crippen LogP contribution in [0.4, 0.5) is 0 Å². The van der Waals surface area contributed by atoms with Gasteiger partial charge in [-0.05, 0) is 77.0 Å². The lowest BCUT2D eigenvalue weighted by Gasteiger charge is -2.18. The highest BCUT2D eigenvalue weighted by Gasteiger charge is 2.13. The van der Waals surface area contributed by atoms with Gasteiger partial charge in [-0.2, -0.15) is 0 Å². The predicted molar refractivity (Wildman–Crippen MR) is 176 cm³/mol. The minimum absolute atomic E-state index is 0.0173. The summed E-state index contributed by atoms with van der Waals surface area (Å²) in [6, 6.07) is 0. The minimum Gasteiger partial charge on any atom is -0.481 e. The van der Waals surface area contributed by atoms with E-state index in [4.69, 9.17) is 9.84 Å². The van der Waals surface area contributed by atoms with Gasteiger partial charge < -0.3 is 9.84 Å². The van der Waals surface area contributed by atoms with Crippen molar-refractivity contribution in [1.29, 1.82) is 0 Å². The van der Waals surface area contributed by atoms with Crippen molar-refractivity contribution in [2.45, 2.75) is 148 Å². The molecule has 0 spiro atoms. The molecule has 0 aliphatic rings. The molecule has 4 nitrogen and oxygen atoms in total. The Morgan fingerprint density at radius 3 is 1.49 bits per heavy atom. The Bertz CT molecular complexity index is 785. The van der Waals surface area contributed by atoms with Crippen molar-refractivity contribution < 1.29 is 19.4 Å². The number of ether oxygens (including phenoxy) is 1. The number of hydrogen-bond acceptors (Lipinski definition) is 3. The van der Waals surface area contributed by atoms with Crippen LogP contribution in [0.2, 0.25) is 0 Å². The van der Waals surface area contributed by atoms with Crippen LogP contribution in [-0.4, -0.2) is 23.1 Å². The molecule has 0 saturated heterocycles. The van der Waals surface area contributed by atoms with Crippen molar-refractivity contribution in [3.05, 3.63) is 72.9 Å². The number of rotatable bonds is 28. The fraction of sp³-hybridized carbons (Fsp3) is 0.622. The summed E-state index contributed by atoms with van der Waals surface area (Å²) in [5.41, 5.74) is 0. The topological polar surface area (TPSA) is 63.6 Å². The van der Waals surface area contributed by atoms with Gasteiger partial charge in [0.15, 0.2) is 0 Å². The smallest absolute Gasteiger partial charge is 0.306 e. The Morgan fingerprint density at radius 1 is 0.561 bits per heavy atom. The summed E-state index contributed by atoms with van der Waals surface area (Å²) in [6.07, 6.45) is 45.0. The Labute approximate surface area is 252 Å². The van der Waals surface area contributed by atoms with Gasteiger partial charge >= 0.3 is 11.9 Å². The molecule has 232 valence electrons. The van der Waals surface area contributed by atoms with E-state index in [1.807, 2.05) is 0 Å². The highest BCUT2D eigenvalue weighted by molar-refractivity contribution is 5.69. The van der Waals surface area contributed by atoms with E-state index in [0.29, 0.717) is 6.42 Å². The first-order chi connectivity index (χ1) is 20.1. The summed E-state index contributed by atoms with van der Waals surface area (Å²) in [6.45, 7) is 4.36. The van der Waals surface area contributed by atoms with Gasteiger partial charge in [-0.15, -0.1) is 0 Å². The van der Waals surface area contributed by atoms with Crippen LogP contribution in [0, 0.1) is 0 Å². The zero-order chi connectivity index (χ0) is 30.1. The molecular weight excluding hydrogens is 508 g/mol. The monoisotopic (exact) mass is 568 g/mol. The van der Waals surface area contributed by atoms with Crippen molar-refractivity contribution in [1.82, 2.24) is 0 Å². The van der Waals surface area contributed by atoms with Gasteiger partial charge in [0.05, 0.1) is 0 Å². The van der Waals surface area contributed by atoms with Crippen LogP contribution >= 0.6 is 0 Å². The third kappa shape index (κ3) is 31.8. The number of carboxylic acid groups (broad SMARTS) is 1. The first kappa shape index (κ1) is 38.4. The largest absolute Gasteiger partial charge is 0.481 e. The number of allylic oxidation sites excluding steroid dienone is 12. The molecule has 4 heteroatoms. The summed E-state index contributed by atoms with van der Waals surface area (Å²) < 4.78 is 5.84. The Kier molecular flexibility index (Phi) is 29.9. The summed E-state index contributed by atoms with van der Waals surface area (Å²) in [7, 11) is 0. The molecule has 1 unspecified atom stereocenters.